The van der Waals surface area contributed by atoms with E-state index in [1.807, 2.05) is 76.2 Å². The zero-order valence-electron chi connectivity index (χ0n) is 26.0. The first-order valence-electron chi connectivity index (χ1n) is 14.9. The van der Waals surface area contributed by atoms with Gasteiger partial charge in [0, 0.05) is 34.5 Å². The number of nitrogens with zero attached hydrogens (tertiary/aromatic N) is 2. The lowest BCUT2D eigenvalue weighted by Gasteiger charge is -2.32. The topological polar surface area (TPSA) is 133 Å². The van der Waals surface area contributed by atoms with Gasteiger partial charge in [0.05, 0.1) is 22.9 Å². The van der Waals surface area contributed by atoms with E-state index in [4.69, 9.17) is 17.0 Å². The van der Waals surface area contributed by atoms with Gasteiger partial charge in [0.25, 0.3) is 11.8 Å². The van der Waals surface area contributed by atoms with Crippen LogP contribution in [0.5, 0.6) is 5.75 Å². The molecule has 2 aromatic carbocycles. The maximum atomic E-state index is 13.7. The molecule has 4 atom stereocenters. The number of aliphatic hydroxyl groups is 1. The van der Waals surface area contributed by atoms with Crippen LogP contribution in [0.15, 0.2) is 67.0 Å². The van der Waals surface area contributed by atoms with Gasteiger partial charge in [0.2, 0.25) is 5.91 Å². The number of aliphatic hydroxyl groups excluding tert-OH is 1. The summed E-state index contributed by atoms with van der Waals surface area (Å²) >= 11 is 7.18. The molecule has 1 aliphatic rings. The molecule has 3 aromatic rings. The lowest BCUT2D eigenvalue weighted by molar-refractivity contribution is -0.146. The van der Waals surface area contributed by atoms with Gasteiger partial charge in [-0.05, 0) is 51.3 Å². The number of hydrogen-bond acceptors (Lipinski definition) is 8. The number of benzene rings is 2. The van der Waals surface area contributed by atoms with Crippen molar-refractivity contribution in [1.82, 2.24) is 25.8 Å². The van der Waals surface area contributed by atoms with Gasteiger partial charge < -0.3 is 30.7 Å². The van der Waals surface area contributed by atoms with Gasteiger partial charge in [-0.25, -0.2) is 0 Å². The number of aromatic nitrogens is 1. The molecule has 0 radical (unpaired) electrons. The Labute approximate surface area is 273 Å². The molecule has 1 fully saturated rings. The Balaban J connectivity index is 1.44. The van der Waals surface area contributed by atoms with Crippen LogP contribution in [0.4, 0.5) is 0 Å². The molecule has 0 unspecified atom stereocenters. The lowest BCUT2D eigenvalue weighted by atomic mass is 9.99. The van der Waals surface area contributed by atoms with Crippen LogP contribution in [0, 0.1) is 0 Å². The number of hydrogen-bond donors (Lipinski definition) is 4. The minimum atomic E-state index is -1.50. The Morgan fingerprint density at radius 1 is 1.11 bits per heavy atom. The molecule has 1 aliphatic heterocycles. The van der Waals surface area contributed by atoms with Gasteiger partial charge in [-0.3, -0.25) is 19.4 Å². The van der Waals surface area contributed by atoms with Gasteiger partial charge in [-0.15, -0.1) is 11.8 Å². The third kappa shape index (κ3) is 9.38. The summed E-state index contributed by atoms with van der Waals surface area (Å²) in [6, 6.07) is 14.8. The SMILES string of the molecule is CC[C@@H](NC(=O)COc1cccc2cnccc12)C(=S)N[C@@H](Cc1ccccc1)[C@H](O)C(=O)N1CSC[C@H]1C(=O)NC(C)(C)C. The van der Waals surface area contributed by atoms with Crippen molar-refractivity contribution in [3.63, 3.8) is 0 Å². The highest BCUT2D eigenvalue weighted by molar-refractivity contribution is 7.99. The second-order valence-corrected chi connectivity index (χ2v) is 13.4. The van der Waals surface area contributed by atoms with Gasteiger partial charge in [0.15, 0.2) is 12.7 Å². The minimum Gasteiger partial charge on any atom is -0.483 e. The van der Waals surface area contributed by atoms with Crippen molar-refractivity contribution < 1.29 is 24.2 Å². The van der Waals surface area contributed by atoms with E-state index in [0.717, 1.165) is 16.3 Å². The first-order chi connectivity index (χ1) is 21.5. The summed E-state index contributed by atoms with van der Waals surface area (Å²) in [6.45, 7) is 7.30. The highest BCUT2D eigenvalue weighted by Gasteiger charge is 2.40. The van der Waals surface area contributed by atoms with Crippen LogP contribution in [0.3, 0.4) is 0 Å². The van der Waals surface area contributed by atoms with Crippen LogP contribution < -0.4 is 20.7 Å². The van der Waals surface area contributed by atoms with Crippen molar-refractivity contribution in [1.29, 1.82) is 0 Å². The van der Waals surface area contributed by atoms with E-state index in [-0.39, 0.29) is 29.8 Å². The number of thioether (sulfide) groups is 1. The van der Waals surface area contributed by atoms with Gasteiger partial charge >= 0.3 is 0 Å². The molecule has 1 saturated heterocycles. The zero-order valence-corrected chi connectivity index (χ0v) is 27.6. The fourth-order valence-electron chi connectivity index (χ4n) is 5.02. The summed E-state index contributed by atoms with van der Waals surface area (Å²) in [5, 5.41) is 22.2. The zero-order chi connectivity index (χ0) is 32.6. The third-order valence-corrected chi connectivity index (χ3v) is 8.70. The van der Waals surface area contributed by atoms with E-state index < -0.39 is 35.7 Å². The van der Waals surface area contributed by atoms with Gasteiger partial charge in [0.1, 0.15) is 11.8 Å². The predicted molar refractivity (Wildman–Crippen MR) is 181 cm³/mol. The van der Waals surface area contributed by atoms with E-state index in [1.54, 1.807) is 18.5 Å². The first kappa shape index (κ1) is 34.1. The average molecular weight is 652 g/mol. The molecule has 240 valence electrons. The second kappa shape index (κ2) is 15.5. The molecule has 3 amide bonds. The number of thiocarbonyl (C=S) groups is 1. The molecular formula is C33H41N5O5S2. The summed E-state index contributed by atoms with van der Waals surface area (Å²) in [6.07, 6.45) is 2.66. The van der Waals surface area contributed by atoms with Crippen molar-refractivity contribution in [2.45, 2.75) is 70.3 Å². The Morgan fingerprint density at radius 2 is 1.87 bits per heavy atom. The highest BCUT2D eigenvalue weighted by atomic mass is 32.2. The average Bonchev–Trinajstić information content (AvgIpc) is 3.51. The van der Waals surface area contributed by atoms with Crippen LogP contribution in [0.1, 0.15) is 39.7 Å². The number of nitrogens with one attached hydrogen (secondary N) is 3. The molecular weight excluding hydrogens is 611 g/mol. The van der Waals surface area contributed by atoms with Crippen LogP contribution >= 0.6 is 24.0 Å². The summed E-state index contributed by atoms with van der Waals surface area (Å²) in [5.74, 6) is 0.125. The van der Waals surface area contributed by atoms with Crippen molar-refractivity contribution in [2.75, 3.05) is 18.2 Å². The molecule has 0 saturated carbocycles. The molecule has 1 aromatic heterocycles. The molecule has 0 spiro atoms. The van der Waals surface area contributed by atoms with Crippen LogP contribution in [-0.2, 0) is 20.8 Å². The maximum absolute atomic E-state index is 13.7. The Morgan fingerprint density at radius 3 is 2.58 bits per heavy atom. The van der Waals surface area contributed by atoms with Crippen molar-refractivity contribution >= 4 is 57.5 Å². The molecule has 2 heterocycles. The van der Waals surface area contributed by atoms with E-state index in [2.05, 4.69) is 20.9 Å². The van der Waals surface area contributed by atoms with Crippen molar-refractivity contribution in [3.05, 3.63) is 72.6 Å². The number of rotatable bonds is 12. The quantitative estimate of drug-likeness (QED) is 0.218. The van der Waals surface area contributed by atoms with E-state index in [9.17, 15) is 19.5 Å². The molecule has 12 heteroatoms. The van der Waals surface area contributed by atoms with Crippen LogP contribution in [0.25, 0.3) is 10.8 Å². The van der Waals surface area contributed by atoms with Crippen LogP contribution in [-0.4, -0.2) is 85.7 Å². The number of carbonyl (C=O) groups excluding carboxylic acids is 3. The Hall–Kier alpha value is -3.74. The summed E-state index contributed by atoms with van der Waals surface area (Å²) < 4.78 is 5.82. The normalized spacial score (nSPS) is 16.8. The molecule has 0 bridgehead atoms. The van der Waals surface area contributed by atoms with E-state index in [0.29, 0.717) is 23.8 Å². The predicted octanol–water partition coefficient (Wildman–Crippen LogP) is 3.21. The summed E-state index contributed by atoms with van der Waals surface area (Å²) in [5.41, 5.74) is 0.427. The molecule has 10 nitrogen and oxygen atoms in total. The molecule has 4 rings (SSSR count). The molecule has 45 heavy (non-hydrogen) atoms. The Bertz CT molecular complexity index is 1490. The largest absolute Gasteiger partial charge is 0.483 e. The van der Waals surface area contributed by atoms with Gasteiger partial charge in [-0.2, -0.15) is 0 Å². The standard InChI is InChI=1S/C33H41N5O5S2/c1-5-24(35-28(39)18-43-27-13-9-12-22-17-34-15-14-23(22)27)31(44)36-25(16-21-10-7-6-8-11-21)29(40)32(42)38-20-45-19-26(38)30(41)37-33(2,3)4/h6-15,17,24-26,29,40H,5,16,18-20H2,1-4H3,(H,35,39)(H,36,44)(H,37,41)/t24-,25+,26+,29+/m1/s1. The van der Waals surface area contributed by atoms with E-state index in [1.165, 1.54) is 16.7 Å². The number of fused-ring (bicyclic) bond motifs is 1. The van der Waals surface area contributed by atoms with Crippen molar-refractivity contribution in [3.8, 4) is 5.75 Å². The third-order valence-electron chi connectivity index (χ3n) is 7.29. The molecule has 4 N–H and O–H groups in total. The fourth-order valence-corrected chi connectivity index (χ4v) is 6.56. The van der Waals surface area contributed by atoms with E-state index >= 15 is 0 Å². The fraction of sp³-hybridized carbons (Fsp3) is 0.424. The number of carbonyl (C=O) groups is 3. The van der Waals surface area contributed by atoms with Gasteiger partial charge in [-0.1, -0.05) is 61.6 Å². The maximum Gasteiger partial charge on any atom is 0.258 e. The summed E-state index contributed by atoms with van der Waals surface area (Å²) in [7, 11) is 0. The second-order valence-electron chi connectivity index (χ2n) is 12.0. The number of amides is 3. The lowest BCUT2D eigenvalue weighted by Crippen LogP contribution is -2.59. The highest BCUT2D eigenvalue weighted by Crippen LogP contribution is 2.25. The smallest absolute Gasteiger partial charge is 0.258 e. The molecule has 0 aliphatic carbocycles. The minimum absolute atomic E-state index is 0.222. The van der Waals surface area contributed by atoms with Crippen LogP contribution in [0.2, 0.25) is 0 Å². The monoisotopic (exact) mass is 651 g/mol. The number of ether oxygens (including phenoxy) is 1. The Kier molecular flexibility index (Phi) is 11.8. The van der Waals surface area contributed by atoms with Crippen molar-refractivity contribution in [2.24, 2.45) is 0 Å². The first-order valence-corrected chi connectivity index (χ1v) is 16.5. The number of pyridine rings is 1. The summed E-state index contributed by atoms with van der Waals surface area (Å²) in [4.78, 5) is 45.4.